The van der Waals surface area contributed by atoms with Crippen molar-refractivity contribution in [2.75, 3.05) is 13.7 Å². The van der Waals surface area contributed by atoms with Crippen LogP contribution in [0.3, 0.4) is 0 Å². The molecule has 0 bridgehead atoms. The Morgan fingerprint density at radius 1 is 0.750 bits per heavy atom. The fourth-order valence-corrected chi connectivity index (χ4v) is 3.24. The second-order valence-corrected chi connectivity index (χ2v) is 7.30. The summed E-state index contributed by atoms with van der Waals surface area (Å²) in [5, 5.41) is 0. The van der Waals surface area contributed by atoms with Crippen LogP contribution in [-0.2, 0) is 16.0 Å². The number of carbonyl (C=O) groups is 1. The third-order valence-corrected chi connectivity index (χ3v) is 4.99. The highest BCUT2D eigenvalue weighted by Gasteiger charge is 2.06. The first kappa shape index (κ1) is 22.0. The van der Waals surface area contributed by atoms with Crippen LogP contribution in [0.15, 0.2) is 48.5 Å². The molecule has 0 heterocycles. The molecular formula is C25H34O3. The van der Waals surface area contributed by atoms with Crippen LogP contribution in [0.1, 0.15) is 63.9 Å². The number of methoxy groups -OCH3 is 1. The van der Waals surface area contributed by atoms with Gasteiger partial charge in [-0.05, 0) is 35.2 Å². The monoisotopic (exact) mass is 382 g/mol. The maximum absolute atomic E-state index is 12.0. The molecule has 0 fully saturated rings. The zero-order valence-electron chi connectivity index (χ0n) is 17.4. The molecule has 0 unspecified atom stereocenters. The van der Waals surface area contributed by atoms with Crippen molar-refractivity contribution in [2.24, 2.45) is 0 Å². The average Bonchev–Trinajstić information content (AvgIpc) is 2.73. The minimum absolute atomic E-state index is 0.139. The molecule has 0 atom stereocenters. The Kier molecular flexibility index (Phi) is 10.2. The largest absolute Gasteiger partial charge is 0.497 e. The van der Waals surface area contributed by atoms with Gasteiger partial charge in [0.1, 0.15) is 5.75 Å². The Morgan fingerprint density at radius 3 is 1.86 bits per heavy atom. The van der Waals surface area contributed by atoms with E-state index in [1.807, 2.05) is 48.5 Å². The SMILES string of the molecule is CCCCCCCCCCOC(=O)Cc1ccc(-c2ccc(OC)cc2)cc1. The van der Waals surface area contributed by atoms with Gasteiger partial charge in [-0.3, -0.25) is 4.79 Å². The van der Waals surface area contributed by atoms with Crippen molar-refractivity contribution in [3.05, 3.63) is 54.1 Å². The van der Waals surface area contributed by atoms with Gasteiger partial charge in [0.15, 0.2) is 0 Å². The summed E-state index contributed by atoms with van der Waals surface area (Å²) in [6.45, 7) is 2.78. The van der Waals surface area contributed by atoms with Crippen molar-refractivity contribution in [3.8, 4) is 16.9 Å². The van der Waals surface area contributed by atoms with Crippen molar-refractivity contribution < 1.29 is 14.3 Å². The van der Waals surface area contributed by atoms with Gasteiger partial charge in [0.2, 0.25) is 0 Å². The number of ether oxygens (including phenoxy) is 2. The van der Waals surface area contributed by atoms with E-state index < -0.39 is 0 Å². The number of hydrogen-bond donors (Lipinski definition) is 0. The molecule has 0 saturated carbocycles. The Balaban J connectivity index is 1.64. The summed E-state index contributed by atoms with van der Waals surface area (Å²) in [7, 11) is 1.66. The standard InChI is InChI=1S/C25H34O3/c1-3-4-5-6-7-8-9-10-19-28-25(26)20-21-11-13-22(14-12-21)23-15-17-24(27-2)18-16-23/h11-18H,3-10,19-20H2,1-2H3. The number of unbranched alkanes of at least 4 members (excludes halogenated alkanes) is 7. The molecule has 2 rings (SSSR count). The minimum atomic E-state index is -0.139. The molecule has 0 saturated heterocycles. The smallest absolute Gasteiger partial charge is 0.310 e. The van der Waals surface area contributed by atoms with E-state index in [2.05, 4.69) is 6.92 Å². The zero-order chi connectivity index (χ0) is 20.0. The topological polar surface area (TPSA) is 35.5 Å². The molecule has 0 aliphatic heterocycles. The van der Waals surface area contributed by atoms with Crippen LogP contribution in [0.2, 0.25) is 0 Å². The summed E-state index contributed by atoms with van der Waals surface area (Å²) in [4.78, 5) is 12.0. The second kappa shape index (κ2) is 13.0. The number of hydrogen-bond acceptors (Lipinski definition) is 3. The fourth-order valence-electron chi connectivity index (χ4n) is 3.24. The lowest BCUT2D eigenvalue weighted by atomic mass is 10.0. The summed E-state index contributed by atoms with van der Waals surface area (Å²) in [6, 6.07) is 16.1. The van der Waals surface area contributed by atoms with Crippen molar-refractivity contribution in [1.82, 2.24) is 0 Å². The number of esters is 1. The van der Waals surface area contributed by atoms with Crippen LogP contribution in [-0.4, -0.2) is 19.7 Å². The molecule has 0 amide bonds. The third kappa shape index (κ3) is 8.16. The number of carbonyl (C=O) groups excluding carboxylic acids is 1. The molecular weight excluding hydrogens is 348 g/mol. The van der Waals surface area contributed by atoms with Gasteiger partial charge in [-0.25, -0.2) is 0 Å². The Labute approximate surface area is 170 Å². The highest BCUT2D eigenvalue weighted by atomic mass is 16.5. The molecule has 152 valence electrons. The van der Waals surface area contributed by atoms with Crippen molar-refractivity contribution in [1.29, 1.82) is 0 Å². The molecule has 3 heteroatoms. The first-order chi connectivity index (χ1) is 13.7. The highest BCUT2D eigenvalue weighted by Crippen LogP contribution is 2.22. The zero-order valence-corrected chi connectivity index (χ0v) is 17.4. The van der Waals surface area contributed by atoms with Crippen LogP contribution >= 0.6 is 0 Å². The lowest BCUT2D eigenvalue weighted by Gasteiger charge is -2.07. The van der Waals surface area contributed by atoms with E-state index in [0.717, 1.165) is 35.3 Å². The van der Waals surface area contributed by atoms with Gasteiger partial charge >= 0.3 is 5.97 Å². The summed E-state index contributed by atoms with van der Waals surface area (Å²) in [5.41, 5.74) is 3.24. The van der Waals surface area contributed by atoms with E-state index in [9.17, 15) is 4.79 Å². The summed E-state index contributed by atoms with van der Waals surface area (Å²) >= 11 is 0. The Hall–Kier alpha value is -2.29. The van der Waals surface area contributed by atoms with Crippen LogP contribution in [0.4, 0.5) is 0 Å². The molecule has 2 aromatic carbocycles. The first-order valence-corrected chi connectivity index (χ1v) is 10.6. The summed E-state index contributed by atoms with van der Waals surface area (Å²) in [6.07, 6.45) is 10.3. The van der Waals surface area contributed by atoms with Crippen molar-refractivity contribution >= 4 is 5.97 Å². The van der Waals surface area contributed by atoms with Gasteiger partial charge in [-0.15, -0.1) is 0 Å². The predicted octanol–water partition coefficient (Wildman–Crippen LogP) is 6.59. The van der Waals surface area contributed by atoms with Gasteiger partial charge in [0, 0.05) is 0 Å². The molecule has 28 heavy (non-hydrogen) atoms. The van der Waals surface area contributed by atoms with Gasteiger partial charge < -0.3 is 9.47 Å². The van der Waals surface area contributed by atoms with Gasteiger partial charge in [-0.2, -0.15) is 0 Å². The number of benzene rings is 2. The maximum Gasteiger partial charge on any atom is 0.310 e. The van der Waals surface area contributed by atoms with E-state index in [1.54, 1.807) is 7.11 Å². The van der Waals surface area contributed by atoms with Crippen LogP contribution < -0.4 is 4.74 Å². The highest BCUT2D eigenvalue weighted by molar-refractivity contribution is 5.73. The summed E-state index contributed by atoms with van der Waals surface area (Å²) in [5.74, 6) is 0.708. The van der Waals surface area contributed by atoms with E-state index in [0.29, 0.717) is 13.0 Å². The normalized spacial score (nSPS) is 10.6. The molecule has 0 spiro atoms. The number of rotatable bonds is 13. The van der Waals surface area contributed by atoms with Gasteiger partial charge in [0.25, 0.3) is 0 Å². The average molecular weight is 383 g/mol. The molecule has 0 N–H and O–H groups in total. The quantitative estimate of drug-likeness (QED) is 0.290. The van der Waals surface area contributed by atoms with Crippen LogP contribution in [0, 0.1) is 0 Å². The Bertz CT molecular complexity index is 674. The van der Waals surface area contributed by atoms with Crippen molar-refractivity contribution in [3.63, 3.8) is 0 Å². The fraction of sp³-hybridized carbons (Fsp3) is 0.480. The van der Waals surface area contributed by atoms with E-state index in [-0.39, 0.29) is 5.97 Å². The maximum atomic E-state index is 12.0. The summed E-state index contributed by atoms with van der Waals surface area (Å²) < 4.78 is 10.6. The van der Waals surface area contributed by atoms with Crippen molar-refractivity contribution in [2.45, 2.75) is 64.7 Å². The molecule has 0 radical (unpaired) electrons. The molecule has 0 aliphatic rings. The van der Waals surface area contributed by atoms with E-state index >= 15 is 0 Å². The van der Waals surface area contributed by atoms with Gasteiger partial charge in [0.05, 0.1) is 20.1 Å². The first-order valence-electron chi connectivity index (χ1n) is 10.6. The lowest BCUT2D eigenvalue weighted by Crippen LogP contribution is -2.09. The van der Waals surface area contributed by atoms with Crippen LogP contribution in [0.5, 0.6) is 5.75 Å². The molecule has 2 aromatic rings. The lowest BCUT2D eigenvalue weighted by molar-refractivity contribution is -0.142. The molecule has 3 nitrogen and oxygen atoms in total. The van der Waals surface area contributed by atoms with Gasteiger partial charge in [-0.1, -0.05) is 88.3 Å². The van der Waals surface area contributed by atoms with E-state index in [1.165, 1.54) is 38.5 Å². The Morgan fingerprint density at radius 2 is 1.29 bits per heavy atom. The van der Waals surface area contributed by atoms with Crippen LogP contribution in [0.25, 0.3) is 11.1 Å². The van der Waals surface area contributed by atoms with E-state index in [4.69, 9.17) is 9.47 Å². The molecule has 0 aliphatic carbocycles. The third-order valence-electron chi connectivity index (χ3n) is 4.99. The minimum Gasteiger partial charge on any atom is -0.497 e. The molecule has 0 aromatic heterocycles. The second-order valence-electron chi connectivity index (χ2n) is 7.30. The predicted molar refractivity (Wildman–Crippen MR) is 116 cm³/mol.